The highest BCUT2D eigenvalue weighted by Crippen LogP contribution is 2.46. The molecule has 4 heterocycles. The van der Waals surface area contributed by atoms with Crippen LogP contribution in [0.25, 0.3) is 32.5 Å². The Bertz CT molecular complexity index is 1510. The Morgan fingerprint density at radius 1 is 1.24 bits per heavy atom. The summed E-state index contributed by atoms with van der Waals surface area (Å²) in [7, 11) is 1.94. The molecule has 1 aliphatic carbocycles. The Morgan fingerprint density at radius 2 is 2.05 bits per heavy atom. The molecule has 1 aliphatic rings. The SMILES string of the molecule is COc1nc2ncsc2c(OC)c1-c1cn(COCC[Si](C)(C)C)c2nc(NC(=O)C3CC3C=O)ccc12. The van der Waals surface area contributed by atoms with Gasteiger partial charge < -0.3 is 28.9 Å². The molecule has 1 fully saturated rings. The number of aldehydes is 1. The third kappa shape index (κ3) is 5.15. The van der Waals surface area contributed by atoms with Crippen molar-refractivity contribution in [3.05, 3.63) is 23.8 Å². The number of nitrogens with zero attached hydrogens (tertiary/aromatic N) is 4. The van der Waals surface area contributed by atoms with Crippen molar-refractivity contribution >= 4 is 58.8 Å². The lowest BCUT2D eigenvalue weighted by molar-refractivity contribution is -0.119. The van der Waals surface area contributed by atoms with Crippen LogP contribution in [-0.4, -0.2) is 60.6 Å². The minimum absolute atomic E-state index is 0.193. The van der Waals surface area contributed by atoms with Gasteiger partial charge in [-0.15, -0.1) is 11.3 Å². The van der Waals surface area contributed by atoms with E-state index >= 15 is 0 Å². The van der Waals surface area contributed by atoms with Crippen molar-refractivity contribution in [3.63, 3.8) is 0 Å². The molecule has 0 aliphatic heterocycles. The molecule has 1 saturated carbocycles. The van der Waals surface area contributed by atoms with Gasteiger partial charge in [-0.3, -0.25) is 4.79 Å². The number of ether oxygens (including phenoxy) is 3. The molecule has 4 aromatic heterocycles. The van der Waals surface area contributed by atoms with Gasteiger partial charge in [-0.2, -0.15) is 4.98 Å². The first-order valence-corrected chi connectivity index (χ1v) is 17.0. The molecule has 2 unspecified atom stereocenters. The minimum atomic E-state index is -1.25. The van der Waals surface area contributed by atoms with Crippen molar-refractivity contribution in [2.45, 2.75) is 38.8 Å². The average Bonchev–Trinajstić information content (AvgIpc) is 3.40. The van der Waals surface area contributed by atoms with Crippen LogP contribution in [0.2, 0.25) is 25.7 Å². The number of nitrogens with one attached hydrogen (secondary N) is 1. The third-order valence-corrected chi connectivity index (χ3v) is 9.14. The monoisotopic (exact) mass is 553 g/mol. The molecule has 0 aromatic carbocycles. The van der Waals surface area contributed by atoms with Crippen LogP contribution in [0.4, 0.5) is 5.82 Å². The maximum absolute atomic E-state index is 12.6. The van der Waals surface area contributed by atoms with E-state index < -0.39 is 8.07 Å². The van der Waals surface area contributed by atoms with Crippen LogP contribution in [0, 0.1) is 11.8 Å². The van der Waals surface area contributed by atoms with Gasteiger partial charge in [0.2, 0.25) is 11.8 Å². The van der Waals surface area contributed by atoms with E-state index in [2.05, 4.69) is 34.9 Å². The van der Waals surface area contributed by atoms with E-state index in [-0.39, 0.29) is 17.7 Å². The van der Waals surface area contributed by atoms with E-state index in [0.717, 1.165) is 28.0 Å². The standard InChI is InChI=1S/C26H31N5O5SSi/c1-34-21-20(26(35-2)30-23-22(21)37-13-27-23)18-11-31(14-36-8-9-38(3,4)5)24-16(18)6-7-19(28-24)29-25(33)17-10-15(17)12-32/h6-7,11-13,15,17H,8-10,14H2,1-5H3,(H,28,29,33). The molecule has 4 aromatic rings. The molecule has 0 bridgehead atoms. The number of hydrogen-bond donors (Lipinski definition) is 1. The number of carbonyl (C=O) groups excluding carboxylic acids is 2. The Kier molecular flexibility index (Phi) is 7.21. The van der Waals surface area contributed by atoms with E-state index in [1.165, 1.54) is 11.3 Å². The topological polar surface area (TPSA) is 117 Å². The minimum Gasteiger partial charge on any atom is -0.494 e. The molecule has 1 N–H and O–H groups in total. The first kappa shape index (κ1) is 26.3. The zero-order valence-electron chi connectivity index (χ0n) is 22.1. The van der Waals surface area contributed by atoms with Crippen molar-refractivity contribution in [1.82, 2.24) is 19.5 Å². The number of amides is 1. The fraction of sp³-hybridized carbons (Fsp3) is 0.423. The maximum Gasteiger partial charge on any atom is 0.229 e. The third-order valence-electron chi connectivity index (χ3n) is 6.62. The largest absolute Gasteiger partial charge is 0.494 e. The lowest BCUT2D eigenvalue weighted by Crippen LogP contribution is -2.22. The molecule has 0 spiro atoms. The van der Waals surface area contributed by atoms with Gasteiger partial charge in [-0.25, -0.2) is 9.97 Å². The summed E-state index contributed by atoms with van der Waals surface area (Å²) in [5.41, 5.74) is 4.44. The normalized spacial score (nSPS) is 17.1. The van der Waals surface area contributed by atoms with Crippen molar-refractivity contribution in [3.8, 4) is 22.8 Å². The van der Waals surface area contributed by atoms with Crippen LogP contribution < -0.4 is 14.8 Å². The van der Waals surface area contributed by atoms with Gasteiger partial charge in [0.1, 0.15) is 29.2 Å². The van der Waals surface area contributed by atoms with Gasteiger partial charge in [0, 0.05) is 43.7 Å². The van der Waals surface area contributed by atoms with E-state index in [1.807, 2.05) is 16.8 Å². The molecule has 2 atom stereocenters. The summed E-state index contributed by atoms with van der Waals surface area (Å²) in [6, 6.07) is 4.71. The fourth-order valence-corrected chi connectivity index (χ4v) is 5.89. The summed E-state index contributed by atoms with van der Waals surface area (Å²) in [6.45, 7) is 7.88. The Hall–Kier alpha value is -3.35. The maximum atomic E-state index is 12.6. The van der Waals surface area contributed by atoms with Crippen LogP contribution in [0.3, 0.4) is 0 Å². The Labute approximate surface area is 225 Å². The second kappa shape index (κ2) is 10.4. The van der Waals surface area contributed by atoms with Crippen molar-refractivity contribution in [1.29, 1.82) is 0 Å². The van der Waals surface area contributed by atoms with Gasteiger partial charge in [-0.05, 0) is 24.6 Å². The molecule has 12 heteroatoms. The van der Waals surface area contributed by atoms with Crippen LogP contribution in [0.5, 0.6) is 11.6 Å². The summed E-state index contributed by atoms with van der Waals surface area (Å²) in [4.78, 5) is 37.3. The molecule has 1 amide bonds. The van der Waals surface area contributed by atoms with Gasteiger partial charge >= 0.3 is 0 Å². The number of anilines is 1. The molecule has 10 nitrogen and oxygen atoms in total. The second-order valence-corrected chi connectivity index (χ2v) is 17.1. The highest BCUT2D eigenvalue weighted by molar-refractivity contribution is 7.17. The first-order chi connectivity index (χ1) is 18.2. The van der Waals surface area contributed by atoms with Crippen molar-refractivity contribution < 1.29 is 23.8 Å². The average molecular weight is 554 g/mol. The summed E-state index contributed by atoms with van der Waals surface area (Å²) in [6.07, 6.45) is 3.37. The number of pyridine rings is 2. The number of fused-ring (bicyclic) bond motifs is 2. The number of thiazole rings is 1. The first-order valence-electron chi connectivity index (χ1n) is 12.4. The number of rotatable bonds is 11. The number of methoxy groups -OCH3 is 2. The molecular formula is C26H31N5O5SSi. The highest BCUT2D eigenvalue weighted by Gasteiger charge is 2.43. The molecular weight excluding hydrogens is 522 g/mol. The Morgan fingerprint density at radius 3 is 2.74 bits per heavy atom. The lowest BCUT2D eigenvalue weighted by Gasteiger charge is -2.15. The molecule has 5 rings (SSSR count). The van der Waals surface area contributed by atoms with Gasteiger partial charge in [0.25, 0.3) is 0 Å². The number of carbonyl (C=O) groups is 2. The Balaban J connectivity index is 1.57. The smallest absolute Gasteiger partial charge is 0.229 e. The summed E-state index contributed by atoms with van der Waals surface area (Å²) in [5, 5.41) is 3.69. The second-order valence-electron chi connectivity index (χ2n) is 10.6. The van der Waals surface area contributed by atoms with Crippen LogP contribution in [-0.2, 0) is 21.1 Å². The molecule has 38 heavy (non-hydrogen) atoms. The van der Waals surface area contributed by atoms with Crippen LogP contribution in [0.1, 0.15) is 6.42 Å². The number of hydrogen-bond acceptors (Lipinski definition) is 9. The number of aromatic nitrogens is 4. The predicted octanol–water partition coefficient (Wildman–Crippen LogP) is 4.81. The van der Waals surface area contributed by atoms with Crippen LogP contribution in [0.15, 0.2) is 23.8 Å². The quantitative estimate of drug-likeness (QED) is 0.160. The molecule has 0 saturated heterocycles. The molecule has 0 radical (unpaired) electrons. The highest BCUT2D eigenvalue weighted by atomic mass is 32.1. The van der Waals surface area contributed by atoms with Gasteiger partial charge in [-0.1, -0.05) is 19.6 Å². The zero-order chi connectivity index (χ0) is 27.0. The lowest BCUT2D eigenvalue weighted by atomic mass is 10.1. The van der Waals surface area contributed by atoms with Crippen molar-refractivity contribution in [2.24, 2.45) is 11.8 Å². The summed E-state index contributed by atoms with van der Waals surface area (Å²) >= 11 is 1.45. The predicted molar refractivity (Wildman–Crippen MR) is 150 cm³/mol. The van der Waals surface area contributed by atoms with Gasteiger partial charge in [0.15, 0.2) is 11.4 Å². The zero-order valence-corrected chi connectivity index (χ0v) is 23.9. The molecule has 200 valence electrons. The van der Waals surface area contributed by atoms with Gasteiger partial charge in [0.05, 0.1) is 25.3 Å². The van der Waals surface area contributed by atoms with E-state index in [9.17, 15) is 9.59 Å². The van der Waals surface area contributed by atoms with E-state index in [0.29, 0.717) is 54.1 Å². The van der Waals surface area contributed by atoms with Crippen molar-refractivity contribution in [2.75, 3.05) is 26.1 Å². The fourth-order valence-electron chi connectivity index (χ4n) is 4.38. The van der Waals surface area contributed by atoms with Crippen LogP contribution >= 0.6 is 11.3 Å². The summed E-state index contributed by atoms with van der Waals surface area (Å²) in [5.74, 6) is 0.749. The van der Waals surface area contributed by atoms with E-state index in [1.54, 1.807) is 25.8 Å². The van der Waals surface area contributed by atoms with E-state index in [4.69, 9.17) is 19.2 Å². The summed E-state index contributed by atoms with van der Waals surface area (Å²) < 4.78 is 20.3.